The van der Waals surface area contributed by atoms with E-state index in [1.807, 2.05) is 13.8 Å². The van der Waals surface area contributed by atoms with Crippen molar-refractivity contribution in [3.63, 3.8) is 0 Å². The lowest BCUT2D eigenvalue weighted by Gasteiger charge is -2.03. The van der Waals surface area contributed by atoms with Crippen LogP contribution in [0.15, 0.2) is 18.6 Å². The van der Waals surface area contributed by atoms with Crippen molar-refractivity contribution >= 4 is 23.2 Å². The minimum atomic E-state index is -0.344. The highest BCUT2D eigenvalue weighted by Crippen LogP contribution is 2.16. The van der Waals surface area contributed by atoms with Gasteiger partial charge in [0.15, 0.2) is 5.69 Å². The van der Waals surface area contributed by atoms with Crippen molar-refractivity contribution in [3.05, 3.63) is 29.3 Å². The zero-order chi connectivity index (χ0) is 13.3. The number of halogens is 1. The summed E-state index contributed by atoms with van der Waals surface area (Å²) in [5, 5.41) is 11.2. The molecular formula is C11H14ClN5O. The number of hydrogen-bond acceptors (Lipinski definition) is 3. The molecule has 0 aliphatic carbocycles. The molecule has 1 amide bonds. The number of hydrogen-bond donors (Lipinski definition) is 1. The number of aromatic nitrogens is 4. The van der Waals surface area contributed by atoms with Crippen LogP contribution in [0.3, 0.4) is 0 Å². The molecule has 6 nitrogen and oxygen atoms in total. The molecule has 96 valence electrons. The number of nitrogens with zero attached hydrogens (tertiary/aromatic N) is 4. The summed E-state index contributed by atoms with van der Waals surface area (Å²) in [4.78, 5) is 11.9. The second kappa shape index (κ2) is 4.81. The fraction of sp³-hybridized carbons (Fsp3) is 0.364. The van der Waals surface area contributed by atoms with Crippen LogP contribution in [0.1, 0.15) is 30.4 Å². The Kier molecular flexibility index (Phi) is 3.38. The van der Waals surface area contributed by atoms with E-state index in [-0.39, 0.29) is 17.6 Å². The first-order chi connectivity index (χ1) is 8.47. The highest BCUT2D eigenvalue weighted by Gasteiger charge is 2.15. The third kappa shape index (κ3) is 2.53. The highest BCUT2D eigenvalue weighted by atomic mass is 35.5. The molecule has 18 heavy (non-hydrogen) atoms. The van der Waals surface area contributed by atoms with Crippen molar-refractivity contribution in [1.82, 2.24) is 19.6 Å². The number of anilines is 1. The van der Waals surface area contributed by atoms with Crippen molar-refractivity contribution in [3.8, 4) is 0 Å². The molecule has 1 N–H and O–H groups in total. The standard InChI is InChI=1S/C11H14ClN5O/c1-7(2)17-5-8(4-13-17)14-11(18)10-9(12)6-16(3)15-10/h4-7H,1-3H3,(H,14,18). The fourth-order valence-corrected chi connectivity index (χ4v) is 1.75. The molecule has 0 unspecified atom stereocenters. The third-order valence-corrected chi connectivity index (χ3v) is 2.66. The maximum atomic E-state index is 11.9. The lowest BCUT2D eigenvalue weighted by atomic mass is 10.4. The van der Waals surface area contributed by atoms with Crippen LogP contribution in [0.25, 0.3) is 0 Å². The van der Waals surface area contributed by atoms with Crippen LogP contribution < -0.4 is 5.32 Å². The Hall–Kier alpha value is -1.82. The van der Waals surface area contributed by atoms with E-state index in [0.717, 1.165) is 0 Å². The fourth-order valence-electron chi connectivity index (χ4n) is 1.49. The maximum absolute atomic E-state index is 11.9. The van der Waals surface area contributed by atoms with Gasteiger partial charge in [-0.1, -0.05) is 11.6 Å². The van der Waals surface area contributed by atoms with Crippen LogP contribution in [-0.2, 0) is 7.05 Å². The topological polar surface area (TPSA) is 64.7 Å². The summed E-state index contributed by atoms with van der Waals surface area (Å²) in [5.74, 6) is -0.344. The molecule has 0 aliphatic heterocycles. The Morgan fingerprint density at radius 3 is 2.67 bits per heavy atom. The molecule has 2 aromatic rings. The van der Waals surface area contributed by atoms with Crippen molar-refractivity contribution in [2.75, 3.05) is 5.32 Å². The number of carbonyl (C=O) groups is 1. The van der Waals surface area contributed by atoms with E-state index < -0.39 is 0 Å². The average molecular weight is 268 g/mol. The maximum Gasteiger partial charge on any atom is 0.277 e. The molecule has 0 radical (unpaired) electrons. The van der Waals surface area contributed by atoms with Crippen LogP contribution in [0.4, 0.5) is 5.69 Å². The van der Waals surface area contributed by atoms with Crippen molar-refractivity contribution < 1.29 is 4.79 Å². The largest absolute Gasteiger partial charge is 0.318 e. The van der Waals surface area contributed by atoms with Crippen LogP contribution in [-0.4, -0.2) is 25.5 Å². The Balaban J connectivity index is 2.13. The summed E-state index contributed by atoms with van der Waals surface area (Å²) in [7, 11) is 1.71. The second-order valence-corrected chi connectivity index (χ2v) is 4.66. The Morgan fingerprint density at radius 1 is 1.44 bits per heavy atom. The minimum absolute atomic E-state index is 0.205. The zero-order valence-corrected chi connectivity index (χ0v) is 11.1. The van der Waals surface area contributed by atoms with Crippen molar-refractivity contribution in [1.29, 1.82) is 0 Å². The molecule has 2 aromatic heterocycles. The number of amides is 1. The second-order valence-electron chi connectivity index (χ2n) is 4.26. The summed E-state index contributed by atoms with van der Waals surface area (Å²) < 4.78 is 3.25. The summed E-state index contributed by atoms with van der Waals surface area (Å²) in [6.45, 7) is 4.02. The molecule has 2 heterocycles. The molecule has 0 bridgehead atoms. The summed E-state index contributed by atoms with van der Waals surface area (Å²) in [5.41, 5.74) is 0.826. The molecule has 0 spiro atoms. The third-order valence-electron chi connectivity index (χ3n) is 2.39. The molecule has 0 saturated heterocycles. The molecule has 2 rings (SSSR count). The molecule has 0 fully saturated rings. The van der Waals surface area contributed by atoms with Crippen molar-refractivity contribution in [2.45, 2.75) is 19.9 Å². The van der Waals surface area contributed by atoms with Crippen LogP contribution >= 0.6 is 11.6 Å². The predicted molar refractivity (Wildman–Crippen MR) is 68.8 cm³/mol. The van der Waals surface area contributed by atoms with E-state index in [1.165, 1.54) is 4.68 Å². The molecule has 0 atom stereocenters. The molecule has 0 aliphatic rings. The van der Waals surface area contributed by atoms with Gasteiger partial charge in [-0.2, -0.15) is 10.2 Å². The van der Waals surface area contributed by atoms with Gasteiger partial charge in [-0.3, -0.25) is 14.2 Å². The normalized spacial score (nSPS) is 10.9. The van der Waals surface area contributed by atoms with Crippen LogP contribution in [0.2, 0.25) is 5.02 Å². The lowest BCUT2D eigenvalue weighted by Crippen LogP contribution is -2.13. The van der Waals surface area contributed by atoms with Crippen LogP contribution in [0, 0.1) is 0 Å². The monoisotopic (exact) mass is 267 g/mol. The van der Waals surface area contributed by atoms with Gasteiger partial charge >= 0.3 is 0 Å². The predicted octanol–water partition coefficient (Wildman–Crippen LogP) is 2.10. The number of carbonyl (C=O) groups excluding carboxylic acids is 1. The Morgan fingerprint density at radius 2 is 2.17 bits per heavy atom. The van der Waals surface area contributed by atoms with Gasteiger partial charge in [-0.15, -0.1) is 0 Å². The summed E-state index contributed by atoms with van der Waals surface area (Å²) in [6, 6.07) is 0.245. The van der Waals surface area contributed by atoms with Gasteiger partial charge in [-0.05, 0) is 13.8 Å². The Bertz CT molecular complexity index is 572. The summed E-state index contributed by atoms with van der Waals surface area (Å²) >= 11 is 5.90. The summed E-state index contributed by atoms with van der Waals surface area (Å²) in [6.07, 6.45) is 4.93. The zero-order valence-electron chi connectivity index (χ0n) is 10.4. The molecular weight excluding hydrogens is 254 g/mol. The van der Waals surface area contributed by atoms with Gasteiger partial charge < -0.3 is 5.32 Å². The highest BCUT2D eigenvalue weighted by molar-refractivity contribution is 6.34. The average Bonchev–Trinajstić information content (AvgIpc) is 2.85. The van der Waals surface area contributed by atoms with Gasteiger partial charge in [0.2, 0.25) is 0 Å². The minimum Gasteiger partial charge on any atom is -0.318 e. The van der Waals surface area contributed by atoms with E-state index in [2.05, 4.69) is 15.5 Å². The molecule has 0 aromatic carbocycles. The first kappa shape index (κ1) is 12.6. The van der Waals surface area contributed by atoms with E-state index in [4.69, 9.17) is 11.6 Å². The first-order valence-corrected chi connectivity index (χ1v) is 5.90. The molecule has 7 heteroatoms. The SMILES string of the molecule is CC(C)n1cc(NC(=O)c2nn(C)cc2Cl)cn1. The first-order valence-electron chi connectivity index (χ1n) is 5.52. The van der Waals surface area contributed by atoms with Gasteiger partial charge in [-0.25, -0.2) is 0 Å². The van der Waals surface area contributed by atoms with Gasteiger partial charge in [0.25, 0.3) is 5.91 Å². The van der Waals surface area contributed by atoms with Crippen LogP contribution in [0.5, 0.6) is 0 Å². The lowest BCUT2D eigenvalue weighted by molar-refractivity contribution is 0.102. The van der Waals surface area contributed by atoms with Gasteiger partial charge in [0.1, 0.15) is 0 Å². The quantitative estimate of drug-likeness (QED) is 0.926. The number of rotatable bonds is 3. The van der Waals surface area contributed by atoms with E-state index >= 15 is 0 Å². The number of aryl methyl sites for hydroxylation is 1. The van der Waals surface area contributed by atoms with Crippen molar-refractivity contribution in [2.24, 2.45) is 7.05 Å². The smallest absolute Gasteiger partial charge is 0.277 e. The number of nitrogens with one attached hydrogen (secondary N) is 1. The molecule has 0 saturated carbocycles. The van der Waals surface area contributed by atoms with Gasteiger partial charge in [0, 0.05) is 25.5 Å². The van der Waals surface area contributed by atoms with Gasteiger partial charge in [0.05, 0.1) is 16.9 Å². The van der Waals surface area contributed by atoms with E-state index in [9.17, 15) is 4.79 Å². The van der Waals surface area contributed by atoms with E-state index in [1.54, 1.807) is 30.3 Å². The van der Waals surface area contributed by atoms with E-state index in [0.29, 0.717) is 10.7 Å². The Labute approximate surface area is 110 Å².